The van der Waals surface area contributed by atoms with E-state index in [2.05, 4.69) is 55.4 Å². The zero-order valence-electron chi connectivity index (χ0n) is 64.4. The quantitative estimate of drug-likeness (QED) is 0.0222. The molecule has 0 saturated carbocycles. The van der Waals surface area contributed by atoms with E-state index in [-0.39, 0.29) is 25.7 Å². The van der Waals surface area contributed by atoms with Crippen molar-refractivity contribution in [3.05, 3.63) is 0 Å². The second-order valence-corrected chi connectivity index (χ2v) is 33.3. The van der Waals surface area contributed by atoms with Gasteiger partial charge in [0.1, 0.15) is 19.3 Å². The van der Waals surface area contributed by atoms with Gasteiger partial charge in [0.15, 0.2) is 12.2 Å². The number of carbonyl (C=O) groups excluding carboxylic acids is 4. The summed E-state index contributed by atoms with van der Waals surface area (Å²) >= 11 is 0. The number of phosphoric ester groups is 2. The highest BCUT2D eigenvalue weighted by molar-refractivity contribution is 7.47. The van der Waals surface area contributed by atoms with Crippen molar-refractivity contribution in [1.82, 2.24) is 0 Å². The molecule has 0 amide bonds. The summed E-state index contributed by atoms with van der Waals surface area (Å²) in [6, 6.07) is 0. The first-order valence-corrected chi connectivity index (χ1v) is 43.7. The lowest BCUT2D eigenvalue weighted by atomic mass is 10.0. The fraction of sp³-hybridized carbons (Fsp3) is 0.949. The number of unbranched alkanes of at least 4 members (excludes halogenated alkanes) is 42. The van der Waals surface area contributed by atoms with Crippen LogP contribution in [0.25, 0.3) is 0 Å². The number of hydrogen-bond donors (Lipinski definition) is 3. The first-order valence-electron chi connectivity index (χ1n) is 40.7. The molecule has 0 rings (SSSR count). The third-order valence-electron chi connectivity index (χ3n) is 18.3. The van der Waals surface area contributed by atoms with Gasteiger partial charge in [-0.3, -0.25) is 37.3 Å². The van der Waals surface area contributed by atoms with Gasteiger partial charge in [0, 0.05) is 25.7 Å². The fourth-order valence-electron chi connectivity index (χ4n) is 12.1. The van der Waals surface area contributed by atoms with Crippen LogP contribution in [0.4, 0.5) is 0 Å². The molecule has 0 fully saturated rings. The molecule has 0 spiro atoms. The Labute approximate surface area is 600 Å². The first kappa shape index (κ1) is 96.1. The van der Waals surface area contributed by atoms with Crippen LogP contribution in [0.15, 0.2) is 0 Å². The summed E-state index contributed by atoms with van der Waals surface area (Å²) in [6.45, 7) is 14.2. The van der Waals surface area contributed by atoms with Gasteiger partial charge in [-0.15, -0.1) is 0 Å². The molecule has 17 nitrogen and oxygen atoms in total. The Hall–Kier alpha value is -1.94. The lowest BCUT2D eigenvalue weighted by molar-refractivity contribution is -0.161. The Kier molecular flexibility index (Phi) is 66.8. The van der Waals surface area contributed by atoms with E-state index in [1.165, 1.54) is 199 Å². The van der Waals surface area contributed by atoms with Crippen molar-refractivity contribution in [2.75, 3.05) is 39.6 Å². The number of carbonyl (C=O) groups is 4. The maximum Gasteiger partial charge on any atom is 0.472 e. The van der Waals surface area contributed by atoms with E-state index in [9.17, 15) is 43.2 Å². The summed E-state index contributed by atoms with van der Waals surface area (Å²) in [6.07, 6.45) is 54.3. The van der Waals surface area contributed by atoms with Gasteiger partial charge in [-0.2, -0.15) is 0 Å². The van der Waals surface area contributed by atoms with Crippen LogP contribution in [-0.2, 0) is 65.4 Å². The predicted molar refractivity (Wildman–Crippen MR) is 400 cm³/mol. The minimum atomic E-state index is -4.96. The van der Waals surface area contributed by atoms with Crippen molar-refractivity contribution < 1.29 is 80.2 Å². The molecule has 0 heterocycles. The highest BCUT2D eigenvalue weighted by Crippen LogP contribution is 2.45. The van der Waals surface area contributed by atoms with Gasteiger partial charge in [-0.05, 0) is 49.4 Å². The molecule has 5 atom stereocenters. The maximum absolute atomic E-state index is 13.1. The minimum absolute atomic E-state index is 0.106. The van der Waals surface area contributed by atoms with Crippen LogP contribution in [0.1, 0.15) is 402 Å². The van der Waals surface area contributed by atoms with E-state index in [1.807, 2.05) is 0 Å². The monoisotopic (exact) mass is 1440 g/mol. The smallest absolute Gasteiger partial charge is 0.462 e. The van der Waals surface area contributed by atoms with E-state index in [0.717, 1.165) is 114 Å². The van der Waals surface area contributed by atoms with Crippen molar-refractivity contribution in [2.24, 2.45) is 23.7 Å². The van der Waals surface area contributed by atoms with Crippen molar-refractivity contribution in [3.63, 3.8) is 0 Å². The van der Waals surface area contributed by atoms with Crippen LogP contribution in [0.2, 0.25) is 0 Å². The van der Waals surface area contributed by atoms with Crippen LogP contribution in [0.5, 0.6) is 0 Å². The molecule has 3 N–H and O–H groups in total. The van der Waals surface area contributed by atoms with Crippen LogP contribution in [-0.4, -0.2) is 96.7 Å². The van der Waals surface area contributed by atoms with Gasteiger partial charge in [0.25, 0.3) is 0 Å². The van der Waals surface area contributed by atoms with Crippen molar-refractivity contribution >= 4 is 39.5 Å². The SMILES string of the molecule is CC(C)CCCCCCCCCCCCCCCCCCCCC(=O)O[C@H](COC(=O)CCCCCCCCC(C)C)COP(=O)(O)OCC(O)COP(=O)(O)OC[C@@H](COC(=O)CCCCCCCCCCCCC(C)C)OC(=O)CCCCCCCCCCCCCCC(C)C. The van der Waals surface area contributed by atoms with Crippen LogP contribution in [0, 0.1) is 23.7 Å². The number of aliphatic hydroxyl groups is 1. The number of ether oxygens (including phenoxy) is 4. The normalized spacial score (nSPS) is 14.1. The van der Waals surface area contributed by atoms with E-state index in [1.54, 1.807) is 0 Å². The Morgan fingerprint density at radius 2 is 0.429 bits per heavy atom. The third-order valence-corrected chi connectivity index (χ3v) is 20.2. The molecular weight excluding hydrogens is 1280 g/mol. The van der Waals surface area contributed by atoms with Crippen molar-refractivity contribution in [2.45, 2.75) is 420 Å². The van der Waals surface area contributed by atoms with Crippen LogP contribution < -0.4 is 0 Å². The third kappa shape index (κ3) is 72.4. The Morgan fingerprint density at radius 3 is 0.633 bits per heavy atom. The average molecular weight is 1440 g/mol. The van der Waals surface area contributed by atoms with E-state index in [4.69, 9.17) is 37.0 Å². The fourth-order valence-corrected chi connectivity index (χ4v) is 13.7. The van der Waals surface area contributed by atoms with E-state index < -0.39 is 97.5 Å². The van der Waals surface area contributed by atoms with Gasteiger partial charge in [0.2, 0.25) is 0 Å². The van der Waals surface area contributed by atoms with Gasteiger partial charge >= 0.3 is 39.5 Å². The summed E-state index contributed by atoms with van der Waals surface area (Å²) in [5.41, 5.74) is 0. The lowest BCUT2D eigenvalue weighted by Crippen LogP contribution is -2.30. The maximum atomic E-state index is 13.1. The highest BCUT2D eigenvalue weighted by Gasteiger charge is 2.30. The highest BCUT2D eigenvalue weighted by atomic mass is 31.2. The Balaban J connectivity index is 5.19. The summed E-state index contributed by atoms with van der Waals surface area (Å²) in [5, 5.41) is 10.6. The molecule has 0 aromatic rings. The molecule has 0 aliphatic heterocycles. The zero-order chi connectivity index (χ0) is 72.4. The molecule has 19 heteroatoms. The molecule has 0 aromatic heterocycles. The van der Waals surface area contributed by atoms with Gasteiger partial charge in [0.05, 0.1) is 26.4 Å². The van der Waals surface area contributed by atoms with Crippen molar-refractivity contribution in [1.29, 1.82) is 0 Å². The van der Waals surface area contributed by atoms with E-state index in [0.29, 0.717) is 31.6 Å². The largest absolute Gasteiger partial charge is 0.472 e. The number of aliphatic hydroxyl groups excluding tert-OH is 1. The number of rotatable bonds is 76. The number of phosphoric acid groups is 2. The molecular formula is C79H154O17P2. The summed E-state index contributed by atoms with van der Waals surface area (Å²) in [5.74, 6) is 0.916. The van der Waals surface area contributed by atoms with Gasteiger partial charge < -0.3 is 33.8 Å². The standard InChI is InChI=1S/C79H154O17P2/c1-69(2)55-47-39-31-25-19-15-13-11-9-10-12-14-16-21-29-35-45-53-61-79(84)96-75(66-90-77(82)60-52-44-38-37-42-50-58-72(7)8)68-94-98(87,88)92-64-73(80)63-91-97(85,86)93-67-74(65-89-76(81)59-51-43-34-28-24-23-27-33-41-49-57-71(5)6)95-78(83)62-54-46-36-30-22-18-17-20-26-32-40-48-56-70(3)4/h69-75,80H,9-68H2,1-8H3,(H,85,86)(H,87,88)/t73?,74-,75-/m1/s1. The zero-order valence-corrected chi connectivity index (χ0v) is 66.2. The number of hydrogen-bond acceptors (Lipinski definition) is 15. The molecule has 0 aliphatic carbocycles. The van der Waals surface area contributed by atoms with Crippen LogP contribution >= 0.6 is 15.6 Å². The first-order chi connectivity index (χ1) is 47.1. The Bertz CT molecular complexity index is 1920. The van der Waals surface area contributed by atoms with Gasteiger partial charge in [-0.25, -0.2) is 9.13 Å². The van der Waals surface area contributed by atoms with Crippen LogP contribution in [0.3, 0.4) is 0 Å². The molecule has 0 aliphatic rings. The molecule has 0 saturated heterocycles. The van der Waals surface area contributed by atoms with Gasteiger partial charge in [-0.1, -0.05) is 351 Å². The summed E-state index contributed by atoms with van der Waals surface area (Å²) < 4.78 is 68.6. The van der Waals surface area contributed by atoms with E-state index >= 15 is 0 Å². The minimum Gasteiger partial charge on any atom is -0.462 e. The lowest BCUT2D eigenvalue weighted by Gasteiger charge is -2.21. The van der Waals surface area contributed by atoms with Crippen molar-refractivity contribution in [3.8, 4) is 0 Å². The summed E-state index contributed by atoms with van der Waals surface area (Å²) in [4.78, 5) is 72.9. The number of esters is 4. The molecule has 3 unspecified atom stereocenters. The second kappa shape index (κ2) is 68.2. The molecule has 582 valence electrons. The average Bonchev–Trinajstić information content (AvgIpc) is 0.971. The second-order valence-electron chi connectivity index (χ2n) is 30.4. The molecule has 0 bridgehead atoms. The topological polar surface area (TPSA) is 237 Å². The Morgan fingerprint density at radius 1 is 0.255 bits per heavy atom. The summed E-state index contributed by atoms with van der Waals surface area (Å²) in [7, 11) is -9.92. The predicted octanol–water partition coefficient (Wildman–Crippen LogP) is 23.2. The molecule has 0 radical (unpaired) electrons. The molecule has 98 heavy (non-hydrogen) atoms. The molecule has 0 aromatic carbocycles.